The molecule has 0 aliphatic carbocycles. The summed E-state index contributed by atoms with van der Waals surface area (Å²) in [6, 6.07) is 0. The molecule has 0 aromatic carbocycles. The Morgan fingerprint density at radius 1 is 1.21 bits per heavy atom. The summed E-state index contributed by atoms with van der Waals surface area (Å²) in [7, 11) is -3.84. The summed E-state index contributed by atoms with van der Waals surface area (Å²) < 4.78 is 21.3. The van der Waals surface area contributed by atoms with Gasteiger partial charge in [0, 0.05) is 51.0 Å². The third kappa shape index (κ3) is 7.74. The van der Waals surface area contributed by atoms with Crippen LogP contribution >= 0.6 is 0 Å². The van der Waals surface area contributed by atoms with Crippen LogP contribution in [0.5, 0.6) is 0 Å². The van der Waals surface area contributed by atoms with Gasteiger partial charge in [0.1, 0.15) is 0 Å². The fourth-order valence-corrected chi connectivity index (χ4v) is 1.39. The van der Waals surface area contributed by atoms with E-state index < -0.39 is 33.4 Å². The van der Waals surface area contributed by atoms with Gasteiger partial charge < -0.3 is 10.2 Å². The quantitative estimate of drug-likeness (QED) is 0.572. The Hall–Kier alpha value is 0.371. The summed E-state index contributed by atoms with van der Waals surface area (Å²) in [5, 5.41) is 14.6. The van der Waals surface area contributed by atoms with Crippen molar-refractivity contribution in [2.45, 2.75) is 11.7 Å². The first-order chi connectivity index (χ1) is 5.25. The molecular weight excluding hydrogens is 404 g/mol. The molecule has 92 valence electrons. The summed E-state index contributed by atoms with van der Waals surface area (Å²) >= 11 is 0. The molecule has 0 rings (SSSR count). The van der Waals surface area contributed by atoms with Gasteiger partial charge in [0.2, 0.25) is 0 Å². The molecule has 0 saturated carbocycles. The number of aliphatic carboxylic acids is 2. The van der Waals surface area contributed by atoms with Crippen LogP contribution in [0, 0.1) is 0 Å². The van der Waals surface area contributed by atoms with Gasteiger partial charge in [-0.05, 0) is 0 Å². The van der Waals surface area contributed by atoms with Crippen LogP contribution in [0.15, 0.2) is 0 Å². The number of rotatable bonds is 4. The Bertz CT molecular complexity index is 297. The zero-order chi connectivity index (χ0) is 9.94. The van der Waals surface area contributed by atoms with Crippen molar-refractivity contribution in [3.8, 4) is 0 Å². The van der Waals surface area contributed by atoms with E-state index in [1.54, 1.807) is 0 Å². The van der Waals surface area contributed by atoms with Crippen molar-refractivity contribution in [2.75, 3.05) is 6.26 Å². The molecule has 0 spiro atoms. The Morgan fingerprint density at radius 3 is 1.64 bits per heavy atom. The minimum Gasteiger partial charge on any atom is -0.481 e. The molecule has 0 aromatic rings. The standard InChI is InChI=1S/C5H8O6S.2Ag/c1-12(10,11)3(5(8)9)2-4(6)7;;/h3H,2H2,1H3,(H,6,7)(H,8,9);;. The number of sulfone groups is 1. The van der Waals surface area contributed by atoms with Gasteiger partial charge in [-0.25, -0.2) is 8.42 Å². The van der Waals surface area contributed by atoms with Gasteiger partial charge in [0.05, 0.1) is 6.42 Å². The predicted molar refractivity (Wildman–Crippen MR) is 38.5 cm³/mol. The maximum absolute atomic E-state index is 10.7. The Kier molecular flexibility index (Phi) is 10.8. The van der Waals surface area contributed by atoms with E-state index in [1.807, 2.05) is 0 Å². The van der Waals surface area contributed by atoms with E-state index >= 15 is 0 Å². The molecule has 0 bridgehead atoms. The maximum Gasteiger partial charge on any atom is 0.322 e. The van der Waals surface area contributed by atoms with Crippen molar-refractivity contribution < 1.29 is 73.0 Å². The molecule has 0 heterocycles. The monoisotopic (exact) mass is 410 g/mol. The summed E-state index contributed by atoms with van der Waals surface area (Å²) in [4.78, 5) is 20.3. The Morgan fingerprint density at radius 2 is 1.57 bits per heavy atom. The van der Waals surface area contributed by atoms with E-state index in [4.69, 9.17) is 10.2 Å². The summed E-state index contributed by atoms with van der Waals surface area (Å²) in [6.45, 7) is 0. The van der Waals surface area contributed by atoms with Crippen LogP contribution in [0.3, 0.4) is 0 Å². The second-order valence-corrected chi connectivity index (χ2v) is 4.48. The number of hydrogen-bond acceptors (Lipinski definition) is 4. The summed E-state index contributed by atoms with van der Waals surface area (Å²) in [5.41, 5.74) is 0. The van der Waals surface area contributed by atoms with E-state index in [0.717, 1.165) is 0 Å². The van der Waals surface area contributed by atoms with E-state index in [0.29, 0.717) is 6.26 Å². The van der Waals surface area contributed by atoms with Gasteiger partial charge in [-0.1, -0.05) is 0 Å². The van der Waals surface area contributed by atoms with Crippen LogP contribution < -0.4 is 0 Å². The molecule has 0 saturated heterocycles. The SMILES string of the molecule is CS(=O)(=O)C(CC(=O)O)C(=O)O.[Ag].[Ag]. The molecule has 6 nitrogen and oxygen atoms in total. The van der Waals surface area contributed by atoms with Crippen molar-refractivity contribution in [1.29, 1.82) is 0 Å². The van der Waals surface area contributed by atoms with Crippen molar-refractivity contribution in [2.24, 2.45) is 0 Å². The molecule has 0 fully saturated rings. The fourth-order valence-electron chi connectivity index (χ4n) is 0.580. The minimum atomic E-state index is -3.84. The first-order valence-corrected chi connectivity index (χ1v) is 4.84. The first kappa shape index (κ1) is 19.9. The van der Waals surface area contributed by atoms with E-state index in [9.17, 15) is 18.0 Å². The van der Waals surface area contributed by atoms with Gasteiger partial charge in [-0.3, -0.25) is 9.59 Å². The van der Waals surface area contributed by atoms with Crippen molar-refractivity contribution in [3.63, 3.8) is 0 Å². The zero-order valence-electron chi connectivity index (χ0n) is 6.82. The van der Waals surface area contributed by atoms with Crippen molar-refractivity contribution in [3.05, 3.63) is 0 Å². The topological polar surface area (TPSA) is 109 Å². The summed E-state index contributed by atoms with van der Waals surface area (Å²) in [6.07, 6.45) is -0.219. The van der Waals surface area contributed by atoms with Gasteiger partial charge in [-0.15, -0.1) is 0 Å². The third-order valence-electron chi connectivity index (χ3n) is 1.15. The molecule has 9 heteroatoms. The fraction of sp³-hybridized carbons (Fsp3) is 0.600. The number of hydrogen-bond donors (Lipinski definition) is 2. The van der Waals surface area contributed by atoms with Crippen molar-refractivity contribution >= 4 is 21.8 Å². The zero-order valence-corrected chi connectivity index (χ0v) is 10.6. The van der Waals surface area contributed by atoms with Crippen molar-refractivity contribution in [1.82, 2.24) is 0 Å². The minimum absolute atomic E-state index is 0. The van der Waals surface area contributed by atoms with Crippen LogP contribution in [0.2, 0.25) is 0 Å². The molecule has 0 aliphatic rings. The first-order valence-electron chi connectivity index (χ1n) is 2.88. The van der Waals surface area contributed by atoms with Gasteiger partial charge in [0.25, 0.3) is 0 Å². The van der Waals surface area contributed by atoms with Gasteiger partial charge in [-0.2, -0.15) is 0 Å². The molecule has 2 radical (unpaired) electrons. The number of carbonyl (C=O) groups is 2. The molecular formula is C5H8Ag2O6S. The Labute approximate surface area is 112 Å². The predicted octanol–water partition coefficient (Wildman–Crippen LogP) is -1.05. The smallest absolute Gasteiger partial charge is 0.322 e. The molecule has 0 aromatic heterocycles. The van der Waals surface area contributed by atoms with E-state index in [1.165, 1.54) is 0 Å². The number of carboxylic acids is 2. The average molecular weight is 412 g/mol. The third-order valence-corrected chi connectivity index (χ3v) is 2.55. The molecule has 14 heavy (non-hydrogen) atoms. The van der Waals surface area contributed by atoms with Gasteiger partial charge in [0.15, 0.2) is 15.1 Å². The van der Waals surface area contributed by atoms with Crippen LogP contribution in [0.1, 0.15) is 6.42 Å². The molecule has 1 atom stereocenters. The molecule has 0 amide bonds. The van der Waals surface area contributed by atoms with Gasteiger partial charge >= 0.3 is 11.9 Å². The largest absolute Gasteiger partial charge is 0.481 e. The van der Waals surface area contributed by atoms with Crippen LogP contribution in [0.4, 0.5) is 0 Å². The molecule has 1 unspecified atom stereocenters. The number of carboxylic acid groups (broad SMARTS) is 2. The van der Waals surface area contributed by atoms with Crippen LogP contribution in [-0.4, -0.2) is 42.1 Å². The normalized spacial score (nSPS) is 11.8. The van der Waals surface area contributed by atoms with E-state index in [2.05, 4.69) is 0 Å². The Balaban J connectivity index is -0.000000605. The molecule has 2 N–H and O–H groups in total. The average Bonchev–Trinajstić information content (AvgIpc) is 1.79. The molecule has 0 aliphatic heterocycles. The maximum atomic E-state index is 10.7. The van der Waals surface area contributed by atoms with E-state index in [-0.39, 0.29) is 44.8 Å². The van der Waals surface area contributed by atoms with Crippen LogP contribution in [0.25, 0.3) is 0 Å². The second kappa shape index (κ2) is 7.63. The summed E-state index contributed by atoms with van der Waals surface area (Å²) in [5.74, 6) is -3.09. The van der Waals surface area contributed by atoms with Crippen LogP contribution in [-0.2, 0) is 64.2 Å². The second-order valence-electron chi connectivity index (χ2n) is 2.25.